The van der Waals surface area contributed by atoms with Crippen molar-refractivity contribution < 1.29 is 9.26 Å². The van der Waals surface area contributed by atoms with Gasteiger partial charge in [0.25, 0.3) is 0 Å². The molecule has 0 saturated carbocycles. The second-order valence-electron chi connectivity index (χ2n) is 6.09. The summed E-state index contributed by atoms with van der Waals surface area (Å²) < 4.78 is 11.5. The van der Waals surface area contributed by atoms with Crippen LogP contribution in [0.15, 0.2) is 10.7 Å². The fraction of sp³-hybridized carbons (Fsp3) is 0.769. The lowest BCUT2D eigenvalue weighted by Gasteiger charge is -2.51. The predicted molar refractivity (Wildman–Crippen MR) is 60.3 cm³/mol. The number of hydrogen-bond donors (Lipinski definition) is 0. The molecule has 0 aromatic carbocycles. The number of nitrogens with zero attached hydrogens (tertiary/aromatic N) is 1. The Kier molecular flexibility index (Phi) is 2.00. The Morgan fingerprint density at radius 3 is 3.00 bits per heavy atom. The lowest BCUT2D eigenvalue weighted by molar-refractivity contribution is -0.123. The minimum absolute atomic E-state index is 0.0563. The maximum absolute atomic E-state index is 6.04. The molecule has 1 aromatic rings. The Morgan fingerprint density at radius 2 is 2.19 bits per heavy atom. The number of aromatic nitrogens is 1. The van der Waals surface area contributed by atoms with Crippen molar-refractivity contribution in [2.45, 2.75) is 51.6 Å². The summed E-state index contributed by atoms with van der Waals surface area (Å²) in [6.45, 7) is 7.65. The quantitative estimate of drug-likeness (QED) is 0.675. The van der Waals surface area contributed by atoms with Crippen molar-refractivity contribution in [2.24, 2.45) is 5.41 Å². The van der Waals surface area contributed by atoms with Gasteiger partial charge in [0.1, 0.15) is 5.76 Å². The largest absolute Gasteiger partial charge is 0.377 e. The summed E-state index contributed by atoms with van der Waals surface area (Å²) in [5, 5.41) is 3.96. The minimum Gasteiger partial charge on any atom is -0.377 e. The molecule has 2 aliphatic rings. The highest BCUT2D eigenvalue weighted by Gasteiger charge is 2.53. The van der Waals surface area contributed by atoms with E-state index in [1.165, 1.54) is 18.4 Å². The minimum atomic E-state index is -0.0563. The fourth-order valence-electron chi connectivity index (χ4n) is 3.74. The monoisotopic (exact) mass is 221 g/mol. The molecule has 2 heterocycles. The molecule has 3 rings (SSSR count). The van der Waals surface area contributed by atoms with Crippen LogP contribution >= 0.6 is 0 Å². The van der Waals surface area contributed by atoms with Gasteiger partial charge in [0.05, 0.1) is 17.7 Å². The zero-order valence-electron chi connectivity index (χ0n) is 10.2. The highest BCUT2D eigenvalue weighted by Crippen LogP contribution is 2.51. The van der Waals surface area contributed by atoms with Gasteiger partial charge in [-0.25, -0.2) is 0 Å². The average molecular weight is 221 g/mol. The zero-order valence-corrected chi connectivity index (χ0v) is 10.2. The van der Waals surface area contributed by atoms with Gasteiger partial charge in [-0.3, -0.25) is 0 Å². The molecule has 0 amide bonds. The third-order valence-electron chi connectivity index (χ3n) is 4.29. The molecule has 2 unspecified atom stereocenters. The zero-order chi connectivity index (χ0) is 11.4. The van der Waals surface area contributed by atoms with E-state index >= 15 is 0 Å². The first-order valence-corrected chi connectivity index (χ1v) is 6.10. The van der Waals surface area contributed by atoms with E-state index in [9.17, 15) is 0 Å². The van der Waals surface area contributed by atoms with Gasteiger partial charge in [-0.2, -0.15) is 0 Å². The second kappa shape index (κ2) is 3.10. The highest BCUT2D eigenvalue weighted by atomic mass is 16.5. The molecule has 3 nitrogen and oxygen atoms in total. The molecule has 0 spiro atoms. The van der Waals surface area contributed by atoms with Crippen LogP contribution in [0.2, 0.25) is 0 Å². The van der Waals surface area contributed by atoms with Crippen LogP contribution in [0.5, 0.6) is 0 Å². The van der Waals surface area contributed by atoms with Gasteiger partial charge < -0.3 is 9.26 Å². The number of ether oxygens (including phenoxy) is 1. The molecule has 16 heavy (non-hydrogen) atoms. The number of fused-ring (bicyclic) bond motifs is 2. The summed E-state index contributed by atoms with van der Waals surface area (Å²) in [6, 6.07) is 0. The molecule has 1 fully saturated rings. The van der Waals surface area contributed by atoms with Gasteiger partial charge in [0, 0.05) is 12.2 Å². The molecule has 1 aromatic heterocycles. The third-order valence-corrected chi connectivity index (χ3v) is 4.29. The van der Waals surface area contributed by atoms with E-state index in [2.05, 4.69) is 25.9 Å². The Balaban J connectivity index is 2.11. The van der Waals surface area contributed by atoms with Crippen molar-refractivity contribution in [2.75, 3.05) is 6.61 Å². The van der Waals surface area contributed by atoms with Crippen molar-refractivity contribution in [3.05, 3.63) is 17.5 Å². The highest BCUT2D eigenvalue weighted by molar-refractivity contribution is 5.30. The molecule has 2 atom stereocenters. The van der Waals surface area contributed by atoms with Crippen molar-refractivity contribution >= 4 is 0 Å². The summed E-state index contributed by atoms with van der Waals surface area (Å²) in [5.41, 5.74) is 1.47. The summed E-state index contributed by atoms with van der Waals surface area (Å²) >= 11 is 0. The summed E-state index contributed by atoms with van der Waals surface area (Å²) in [5.74, 6) is 1.02. The topological polar surface area (TPSA) is 35.3 Å². The van der Waals surface area contributed by atoms with Gasteiger partial charge in [0.2, 0.25) is 0 Å². The summed E-state index contributed by atoms with van der Waals surface area (Å²) in [4.78, 5) is 0. The molecule has 0 radical (unpaired) electrons. The number of hydrogen-bond acceptors (Lipinski definition) is 3. The van der Waals surface area contributed by atoms with E-state index in [0.717, 1.165) is 18.8 Å². The smallest absolute Gasteiger partial charge is 0.148 e. The Labute approximate surface area is 96.1 Å². The summed E-state index contributed by atoms with van der Waals surface area (Å²) in [6.07, 6.45) is 5.59. The first-order valence-electron chi connectivity index (χ1n) is 6.10. The van der Waals surface area contributed by atoms with E-state index in [1.807, 2.05) is 6.20 Å². The van der Waals surface area contributed by atoms with Crippen LogP contribution < -0.4 is 0 Å². The van der Waals surface area contributed by atoms with E-state index in [4.69, 9.17) is 9.26 Å². The first kappa shape index (κ1) is 10.3. The van der Waals surface area contributed by atoms with Gasteiger partial charge >= 0.3 is 0 Å². The van der Waals surface area contributed by atoms with Gasteiger partial charge in [-0.05, 0) is 24.7 Å². The van der Waals surface area contributed by atoms with Gasteiger partial charge in [0.15, 0.2) is 0 Å². The maximum atomic E-state index is 6.04. The van der Waals surface area contributed by atoms with Crippen LogP contribution in [0, 0.1) is 5.41 Å². The van der Waals surface area contributed by atoms with Crippen LogP contribution in [-0.2, 0) is 16.6 Å². The van der Waals surface area contributed by atoms with Gasteiger partial charge in [-0.1, -0.05) is 25.9 Å². The fourth-order valence-corrected chi connectivity index (χ4v) is 3.74. The van der Waals surface area contributed by atoms with E-state index in [1.54, 1.807) is 0 Å². The average Bonchev–Trinajstić information content (AvgIpc) is 2.65. The standard InChI is InChI=1S/C13H19NO2/c1-12(2)10-9(8-14-16-10)7-13(3)5-4-6-15-11(12)13/h8,11H,4-7H2,1-3H3. The van der Waals surface area contributed by atoms with Crippen LogP contribution in [0.1, 0.15) is 44.9 Å². The van der Waals surface area contributed by atoms with E-state index in [0.29, 0.717) is 0 Å². The lowest BCUT2D eigenvalue weighted by Crippen LogP contribution is -2.54. The predicted octanol–water partition coefficient (Wildman–Crippen LogP) is 2.69. The summed E-state index contributed by atoms with van der Waals surface area (Å²) in [7, 11) is 0. The van der Waals surface area contributed by atoms with Crippen LogP contribution in [-0.4, -0.2) is 17.9 Å². The molecule has 0 N–H and O–H groups in total. The Morgan fingerprint density at radius 1 is 1.38 bits per heavy atom. The van der Waals surface area contributed by atoms with E-state index < -0.39 is 0 Å². The normalized spacial score (nSPS) is 36.6. The molecular formula is C13H19NO2. The Hall–Kier alpha value is -0.830. The van der Waals surface area contributed by atoms with Crippen molar-refractivity contribution in [3.63, 3.8) is 0 Å². The molecule has 1 aliphatic heterocycles. The first-order chi connectivity index (χ1) is 7.54. The molecule has 1 aliphatic carbocycles. The number of rotatable bonds is 0. The SMILES string of the molecule is CC12CCCOC1C(C)(C)c1oncc1C2. The van der Waals surface area contributed by atoms with Crippen LogP contribution in [0.4, 0.5) is 0 Å². The molecule has 88 valence electrons. The van der Waals surface area contributed by atoms with E-state index in [-0.39, 0.29) is 16.9 Å². The molecule has 0 bridgehead atoms. The molecule has 1 saturated heterocycles. The molecular weight excluding hydrogens is 202 g/mol. The second-order valence-corrected chi connectivity index (χ2v) is 6.09. The van der Waals surface area contributed by atoms with Crippen molar-refractivity contribution in [1.29, 1.82) is 0 Å². The maximum Gasteiger partial charge on any atom is 0.148 e. The third kappa shape index (κ3) is 1.21. The van der Waals surface area contributed by atoms with Crippen molar-refractivity contribution in [3.8, 4) is 0 Å². The lowest BCUT2D eigenvalue weighted by atomic mass is 9.59. The molecule has 3 heteroatoms. The van der Waals surface area contributed by atoms with Crippen molar-refractivity contribution in [1.82, 2.24) is 5.16 Å². The van der Waals surface area contributed by atoms with Crippen LogP contribution in [0.25, 0.3) is 0 Å². The van der Waals surface area contributed by atoms with Gasteiger partial charge in [-0.15, -0.1) is 0 Å². The Bertz CT molecular complexity index is 410. The van der Waals surface area contributed by atoms with Crippen LogP contribution in [0.3, 0.4) is 0 Å².